The highest BCUT2D eigenvalue weighted by molar-refractivity contribution is 5.56. The van der Waals surface area contributed by atoms with Gasteiger partial charge in [-0.25, -0.2) is 0 Å². The lowest BCUT2D eigenvalue weighted by Gasteiger charge is -2.25. The quantitative estimate of drug-likeness (QED) is 0.586. The van der Waals surface area contributed by atoms with Gasteiger partial charge in [0.2, 0.25) is 0 Å². The van der Waals surface area contributed by atoms with Crippen molar-refractivity contribution in [3.05, 3.63) is 42.5 Å². The molecule has 0 aliphatic rings. The monoisotopic (exact) mass is 162 g/mol. The molecule has 0 saturated heterocycles. The van der Waals surface area contributed by atoms with Crippen LogP contribution in [0.25, 0.3) is 5.70 Å². The lowest BCUT2D eigenvalue weighted by Crippen LogP contribution is -2.31. The normalized spacial score (nSPS) is 11.2. The predicted octanol–water partition coefficient (Wildman–Crippen LogP) is 2.36. The Morgan fingerprint density at radius 1 is 1.08 bits per heavy atom. The molecule has 1 heteroatoms. The fourth-order valence-corrected chi connectivity index (χ4v) is 1.02. The van der Waals surface area contributed by atoms with Gasteiger partial charge in [-0.2, -0.15) is 0 Å². The third-order valence-electron chi connectivity index (χ3n) is 1.92. The molecule has 64 valence electrons. The molecule has 0 heterocycles. The largest absolute Gasteiger partial charge is 0.298 e. The average Bonchev–Trinajstić information content (AvgIpc) is 2.03. The average molecular weight is 162 g/mol. The zero-order valence-electron chi connectivity index (χ0n) is 8.04. The first-order valence-corrected chi connectivity index (χ1v) is 4.08. The molecule has 0 saturated carbocycles. The van der Waals surface area contributed by atoms with E-state index in [0.29, 0.717) is 0 Å². The van der Waals surface area contributed by atoms with E-state index in [-0.39, 0.29) is 0 Å². The van der Waals surface area contributed by atoms with Crippen LogP contribution >= 0.6 is 0 Å². The Morgan fingerprint density at radius 2 is 1.58 bits per heavy atom. The van der Waals surface area contributed by atoms with Crippen molar-refractivity contribution in [2.24, 2.45) is 0 Å². The van der Waals surface area contributed by atoms with Crippen molar-refractivity contribution in [2.45, 2.75) is 0 Å². The lowest BCUT2D eigenvalue weighted by molar-refractivity contribution is -0.795. The van der Waals surface area contributed by atoms with E-state index in [9.17, 15) is 0 Å². The molecule has 1 rings (SSSR count). The Hall–Kier alpha value is -1.08. The molecule has 0 spiro atoms. The molecule has 0 amide bonds. The van der Waals surface area contributed by atoms with E-state index < -0.39 is 0 Å². The smallest absolute Gasteiger partial charge is 0.132 e. The molecule has 0 atom stereocenters. The molecule has 12 heavy (non-hydrogen) atoms. The maximum Gasteiger partial charge on any atom is 0.132 e. The van der Waals surface area contributed by atoms with Gasteiger partial charge in [0.05, 0.1) is 21.1 Å². The third-order valence-corrected chi connectivity index (χ3v) is 1.92. The van der Waals surface area contributed by atoms with Crippen LogP contribution in [0.3, 0.4) is 0 Å². The van der Waals surface area contributed by atoms with Crippen molar-refractivity contribution >= 4 is 5.70 Å². The molecule has 0 aliphatic heterocycles. The van der Waals surface area contributed by atoms with Crippen LogP contribution in [0.1, 0.15) is 5.56 Å². The van der Waals surface area contributed by atoms with Crippen molar-refractivity contribution in [2.75, 3.05) is 21.1 Å². The van der Waals surface area contributed by atoms with Crippen LogP contribution in [-0.2, 0) is 0 Å². The van der Waals surface area contributed by atoms with Crippen molar-refractivity contribution in [1.82, 2.24) is 0 Å². The molecule has 1 nitrogen and oxygen atoms in total. The molecule has 0 aromatic heterocycles. The van der Waals surface area contributed by atoms with Crippen LogP contribution in [0.15, 0.2) is 36.9 Å². The molecular weight excluding hydrogens is 146 g/mol. The molecule has 1 aromatic carbocycles. The summed E-state index contributed by atoms with van der Waals surface area (Å²) in [7, 11) is 6.36. The van der Waals surface area contributed by atoms with Gasteiger partial charge in [-0.1, -0.05) is 18.2 Å². The fraction of sp³-hybridized carbons (Fsp3) is 0.273. The van der Waals surface area contributed by atoms with Crippen LogP contribution in [0.4, 0.5) is 0 Å². The van der Waals surface area contributed by atoms with Gasteiger partial charge in [-0.3, -0.25) is 4.48 Å². The summed E-state index contributed by atoms with van der Waals surface area (Å²) in [6.45, 7) is 4.07. The van der Waals surface area contributed by atoms with Gasteiger partial charge >= 0.3 is 0 Å². The summed E-state index contributed by atoms with van der Waals surface area (Å²) in [5.41, 5.74) is 2.35. The van der Waals surface area contributed by atoms with E-state index in [0.717, 1.165) is 10.2 Å². The summed E-state index contributed by atoms with van der Waals surface area (Å²) in [6, 6.07) is 10.3. The van der Waals surface area contributed by atoms with E-state index in [1.807, 2.05) is 18.2 Å². The maximum atomic E-state index is 4.07. The highest BCUT2D eigenvalue weighted by atomic mass is 15.3. The first-order chi connectivity index (χ1) is 5.52. The number of hydrogen-bond donors (Lipinski definition) is 0. The molecule has 0 N–H and O–H groups in total. The Labute approximate surface area is 74.5 Å². The Morgan fingerprint density at radius 3 is 2.00 bits per heavy atom. The van der Waals surface area contributed by atoms with Crippen LogP contribution in [0.2, 0.25) is 0 Å². The number of hydrogen-bond acceptors (Lipinski definition) is 0. The van der Waals surface area contributed by atoms with Gasteiger partial charge in [-0.15, -0.1) is 0 Å². The lowest BCUT2D eigenvalue weighted by atomic mass is 10.1. The maximum absolute atomic E-state index is 4.07. The predicted molar refractivity (Wildman–Crippen MR) is 53.5 cm³/mol. The highest BCUT2D eigenvalue weighted by Crippen LogP contribution is 2.18. The fourth-order valence-electron chi connectivity index (χ4n) is 1.02. The van der Waals surface area contributed by atoms with Crippen molar-refractivity contribution < 1.29 is 4.48 Å². The van der Waals surface area contributed by atoms with Crippen molar-refractivity contribution in [3.63, 3.8) is 0 Å². The van der Waals surface area contributed by atoms with E-state index in [2.05, 4.69) is 39.9 Å². The molecule has 1 aromatic rings. The second-order valence-electron chi connectivity index (χ2n) is 3.83. The van der Waals surface area contributed by atoms with Crippen LogP contribution in [0, 0.1) is 0 Å². The van der Waals surface area contributed by atoms with Crippen molar-refractivity contribution in [1.29, 1.82) is 0 Å². The third kappa shape index (κ3) is 1.95. The number of rotatable bonds is 2. The summed E-state index contributed by atoms with van der Waals surface area (Å²) in [4.78, 5) is 0. The minimum atomic E-state index is 0.782. The van der Waals surface area contributed by atoms with E-state index >= 15 is 0 Å². The van der Waals surface area contributed by atoms with Gasteiger partial charge in [0, 0.05) is 5.56 Å². The second kappa shape index (κ2) is 3.11. The summed E-state index contributed by atoms with van der Waals surface area (Å²) in [5, 5.41) is 0. The summed E-state index contributed by atoms with van der Waals surface area (Å²) < 4.78 is 0.782. The van der Waals surface area contributed by atoms with Crippen LogP contribution < -0.4 is 0 Å². The summed E-state index contributed by atoms with van der Waals surface area (Å²) in [6.07, 6.45) is 0. The molecule has 0 unspecified atom stereocenters. The van der Waals surface area contributed by atoms with Gasteiger partial charge in [-0.05, 0) is 18.7 Å². The van der Waals surface area contributed by atoms with Crippen molar-refractivity contribution in [3.8, 4) is 0 Å². The Bertz CT molecular complexity index is 267. The van der Waals surface area contributed by atoms with Crippen LogP contribution in [0.5, 0.6) is 0 Å². The molecule has 0 fully saturated rings. The summed E-state index contributed by atoms with van der Waals surface area (Å²) >= 11 is 0. The minimum absolute atomic E-state index is 0.782. The Balaban J connectivity index is 2.94. The van der Waals surface area contributed by atoms with E-state index in [1.54, 1.807) is 0 Å². The molecule has 0 radical (unpaired) electrons. The first-order valence-electron chi connectivity index (χ1n) is 4.08. The van der Waals surface area contributed by atoms with Gasteiger partial charge in [0.15, 0.2) is 0 Å². The number of quaternary nitrogens is 1. The van der Waals surface area contributed by atoms with Crippen LogP contribution in [-0.4, -0.2) is 25.6 Å². The Kier molecular flexibility index (Phi) is 2.34. The topological polar surface area (TPSA) is 0 Å². The summed E-state index contributed by atoms with van der Waals surface area (Å²) in [5.74, 6) is 0. The van der Waals surface area contributed by atoms with Gasteiger partial charge in [0.1, 0.15) is 5.70 Å². The standard InChI is InChI=1S/C11H16N/c1-10(12(2,3)4)11-8-6-5-7-9-11/h5-9H,1H2,2-4H3/q+1. The second-order valence-corrected chi connectivity index (χ2v) is 3.83. The zero-order chi connectivity index (χ0) is 9.19. The SMILES string of the molecule is C=C(c1ccccc1)[N+](C)(C)C. The highest BCUT2D eigenvalue weighted by Gasteiger charge is 2.14. The molecular formula is C11H16N+. The zero-order valence-corrected chi connectivity index (χ0v) is 8.04. The van der Waals surface area contributed by atoms with E-state index in [4.69, 9.17) is 0 Å². The molecule has 0 bridgehead atoms. The number of nitrogens with zero attached hydrogens (tertiary/aromatic N) is 1. The van der Waals surface area contributed by atoms with E-state index in [1.165, 1.54) is 5.56 Å². The minimum Gasteiger partial charge on any atom is -0.298 e. The van der Waals surface area contributed by atoms with Gasteiger partial charge in [0.25, 0.3) is 0 Å². The van der Waals surface area contributed by atoms with Gasteiger partial charge < -0.3 is 0 Å². The molecule has 0 aliphatic carbocycles. The first kappa shape index (κ1) is 9.01. The number of benzene rings is 1.